The van der Waals surface area contributed by atoms with Crippen molar-refractivity contribution in [2.24, 2.45) is 5.73 Å². The molecule has 0 saturated heterocycles. The molecule has 0 spiro atoms. The van der Waals surface area contributed by atoms with Crippen LogP contribution < -0.4 is 11.1 Å². The third-order valence-corrected chi connectivity index (χ3v) is 2.60. The molecule has 4 N–H and O–H groups in total. The number of aliphatic carboxylic acids is 1. The second-order valence-electron chi connectivity index (χ2n) is 5.45. The van der Waals surface area contributed by atoms with Crippen LogP contribution in [-0.4, -0.2) is 40.5 Å². The normalized spacial score (nSPS) is 11.5. The number of alkyl carbamates (subject to hydrolysis) is 1. The fourth-order valence-electron chi connectivity index (χ4n) is 1.24. The molecule has 1 rings (SSSR count). The molecule has 0 aromatic heterocycles. The van der Waals surface area contributed by atoms with Crippen molar-refractivity contribution in [2.45, 2.75) is 32.4 Å². The van der Waals surface area contributed by atoms with Gasteiger partial charge in [0.15, 0.2) is 0 Å². The number of nitrogens with two attached hydrogens (primary N) is 1. The zero-order valence-electron chi connectivity index (χ0n) is 13.3. The van der Waals surface area contributed by atoms with Crippen molar-refractivity contribution in [3.63, 3.8) is 0 Å². The Morgan fingerprint density at radius 2 is 1.78 bits per heavy atom. The van der Waals surface area contributed by atoms with Crippen LogP contribution in [0.1, 0.15) is 31.1 Å². The Hall–Kier alpha value is -2.22. The molecule has 0 fully saturated rings. The van der Waals surface area contributed by atoms with Gasteiger partial charge in [-0.15, -0.1) is 0 Å². The van der Waals surface area contributed by atoms with Crippen molar-refractivity contribution in [1.82, 2.24) is 5.32 Å². The summed E-state index contributed by atoms with van der Waals surface area (Å²) < 4.78 is 4.87. The Balaban J connectivity index is 0.000000459. The molecule has 0 radical (unpaired) electrons. The number of hydrogen-bond donors (Lipinski definition) is 4. The molecule has 7 nitrogen and oxygen atoms in total. The maximum absolute atomic E-state index is 11.1. The second-order valence-corrected chi connectivity index (χ2v) is 5.82. The van der Waals surface area contributed by atoms with E-state index in [1.807, 2.05) is 6.07 Å². The molecule has 0 aliphatic carbocycles. The van der Waals surface area contributed by atoms with Crippen LogP contribution in [-0.2, 0) is 9.53 Å². The van der Waals surface area contributed by atoms with Crippen LogP contribution in [0.15, 0.2) is 30.3 Å². The van der Waals surface area contributed by atoms with Gasteiger partial charge in [-0.1, -0.05) is 18.2 Å². The summed E-state index contributed by atoms with van der Waals surface area (Å²) in [6.07, 6.45) is -0.751. The Morgan fingerprint density at radius 1 is 1.26 bits per heavy atom. The molecular weight excluding hydrogens is 320 g/mol. The number of carboxylic acid groups (broad SMARTS) is 1. The van der Waals surface area contributed by atoms with Gasteiger partial charge in [0.25, 0.3) is 0 Å². The van der Waals surface area contributed by atoms with E-state index in [0.29, 0.717) is 5.56 Å². The van der Waals surface area contributed by atoms with Crippen LogP contribution >= 0.6 is 12.6 Å². The van der Waals surface area contributed by atoms with Crippen molar-refractivity contribution in [1.29, 1.82) is 0 Å². The molecule has 0 heterocycles. The van der Waals surface area contributed by atoms with Crippen molar-refractivity contribution in [2.75, 3.05) is 5.75 Å². The van der Waals surface area contributed by atoms with Crippen LogP contribution in [0.2, 0.25) is 0 Å². The van der Waals surface area contributed by atoms with E-state index in [1.165, 1.54) is 0 Å². The number of thiol groups is 1. The minimum atomic E-state index is -1.13. The highest BCUT2D eigenvalue weighted by Gasteiger charge is 2.22. The SMILES string of the molecule is CC(C)(C)OC(=O)N[C@@H](CS)C(=O)O.NC(=O)c1ccccc1. The molecule has 1 aromatic carbocycles. The summed E-state index contributed by atoms with van der Waals surface area (Å²) in [7, 11) is 0. The number of rotatable bonds is 4. The van der Waals surface area contributed by atoms with Crippen LogP contribution in [0.5, 0.6) is 0 Å². The molecule has 0 saturated carbocycles. The summed E-state index contributed by atoms with van der Waals surface area (Å²) in [5.74, 6) is -1.49. The number of nitrogens with one attached hydrogen (secondary N) is 1. The predicted octanol–water partition coefficient (Wildman–Crippen LogP) is 1.68. The lowest BCUT2D eigenvalue weighted by Crippen LogP contribution is -2.44. The molecule has 0 aliphatic rings. The number of primary amides is 1. The summed E-state index contributed by atoms with van der Waals surface area (Å²) in [6.45, 7) is 5.09. The fourth-order valence-corrected chi connectivity index (χ4v) is 1.49. The average Bonchev–Trinajstić information content (AvgIpc) is 2.44. The first-order valence-electron chi connectivity index (χ1n) is 6.75. The lowest BCUT2D eigenvalue weighted by Gasteiger charge is -2.21. The third kappa shape index (κ3) is 10.2. The van der Waals surface area contributed by atoms with Gasteiger partial charge in [-0.05, 0) is 32.9 Å². The minimum Gasteiger partial charge on any atom is -0.480 e. The van der Waals surface area contributed by atoms with Gasteiger partial charge in [-0.3, -0.25) is 4.79 Å². The first-order valence-corrected chi connectivity index (χ1v) is 7.38. The van der Waals surface area contributed by atoms with Gasteiger partial charge in [0.1, 0.15) is 11.6 Å². The largest absolute Gasteiger partial charge is 0.480 e. The Kier molecular flexibility index (Phi) is 8.79. The summed E-state index contributed by atoms with van der Waals surface area (Å²) in [5, 5.41) is 10.8. The number of ether oxygens (including phenoxy) is 1. The van der Waals surface area contributed by atoms with E-state index in [2.05, 4.69) is 17.9 Å². The van der Waals surface area contributed by atoms with E-state index in [1.54, 1.807) is 45.0 Å². The number of benzene rings is 1. The van der Waals surface area contributed by atoms with Crippen molar-refractivity contribution in [3.05, 3.63) is 35.9 Å². The van der Waals surface area contributed by atoms with Gasteiger partial charge >= 0.3 is 12.1 Å². The Bertz CT molecular complexity index is 528. The van der Waals surface area contributed by atoms with Crippen LogP contribution in [0.25, 0.3) is 0 Å². The Morgan fingerprint density at radius 3 is 2.09 bits per heavy atom. The zero-order chi connectivity index (χ0) is 18.0. The molecule has 128 valence electrons. The van der Waals surface area contributed by atoms with E-state index in [0.717, 1.165) is 0 Å². The predicted molar refractivity (Wildman–Crippen MR) is 89.6 cm³/mol. The van der Waals surface area contributed by atoms with Gasteiger partial charge in [0, 0.05) is 11.3 Å². The molecule has 0 bridgehead atoms. The number of carbonyl (C=O) groups excluding carboxylic acids is 2. The number of carboxylic acids is 1. The van der Waals surface area contributed by atoms with E-state index < -0.39 is 23.7 Å². The lowest BCUT2D eigenvalue weighted by atomic mass is 10.2. The quantitative estimate of drug-likeness (QED) is 0.621. The summed E-state index contributed by atoms with van der Waals surface area (Å²) in [6, 6.07) is 7.74. The second kappa shape index (κ2) is 9.73. The van der Waals surface area contributed by atoms with E-state index in [-0.39, 0.29) is 11.7 Å². The van der Waals surface area contributed by atoms with Gasteiger partial charge in [0.2, 0.25) is 5.91 Å². The average molecular weight is 342 g/mol. The van der Waals surface area contributed by atoms with Gasteiger partial charge in [-0.2, -0.15) is 12.6 Å². The van der Waals surface area contributed by atoms with Crippen LogP contribution in [0.3, 0.4) is 0 Å². The van der Waals surface area contributed by atoms with Crippen molar-refractivity contribution in [3.8, 4) is 0 Å². The van der Waals surface area contributed by atoms with Crippen LogP contribution in [0, 0.1) is 0 Å². The molecule has 23 heavy (non-hydrogen) atoms. The lowest BCUT2D eigenvalue weighted by molar-refractivity contribution is -0.138. The highest BCUT2D eigenvalue weighted by Crippen LogP contribution is 2.06. The highest BCUT2D eigenvalue weighted by atomic mass is 32.1. The first-order chi connectivity index (χ1) is 10.6. The van der Waals surface area contributed by atoms with Crippen LogP contribution in [0.4, 0.5) is 4.79 Å². The van der Waals surface area contributed by atoms with E-state index >= 15 is 0 Å². The molecule has 1 aromatic rings. The summed E-state index contributed by atoms with van der Waals surface area (Å²) in [4.78, 5) is 32.0. The van der Waals surface area contributed by atoms with E-state index in [4.69, 9.17) is 15.6 Å². The maximum Gasteiger partial charge on any atom is 0.408 e. The molecule has 2 amide bonds. The summed E-state index contributed by atoms with van der Waals surface area (Å²) in [5.41, 5.74) is 4.89. The third-order valence-electron chi connectivity index (χ3n) is 2.23. The smallest absolute Gasteiger partial charge is 0.408 e. The van der Waals surface area contributed by atoms with E-state index in [9.17, 15) is 14.4 Å². The van der Waals surface area contributed by atoms with Crippen molar-refractivity contribution >= 4 is 30.6 Å². The monoisotopic (exact) mass is 342 g/mol. The first kappa shape index (κ1) is 20.8. The molecular formula is C15H22N2O5S. The standard InChI is InChI=1S/C8H15NO4S.C7H7NO/c1-8(2,3)13-7(12)9-5(4-14)6(10)11;8-7(9)6-4-2-1-3-5-6/h5,14H,4H2,1-3H3,(H,9,12)(H,10,11);1-5H,(H2,8,9)/t5-;/m0./s1. The van der Waals surface area contributed by atoms with Gasteiger partial charge in [-0.25, -0.2) is 9.59 Å². The highest BCUT2D eigenvalue weighted by molar-refractivity contribution is 7.80. The fraction of sp³-hybridized carbons (Fsp3) is 0.400. The van der Waals surface area contributed by atoms with Gasteiger partial charge < -0.3 is 20.9 Å². The number of amides is 2. The minimum absolute atomic E-state index is 0.0224. The summed E-state index contributed by atoms with van der Waals surface area (Å²) >= 11 is 3.79. The zero-order valence-corrected chi connectivity index (χ0v) is 14.2. The molecule has 8 heteroatoms. The van der Waals surface area contributed by atoms with Crippen molar-refractivity contribution < 1.29 is 24.2 Å². The Labute approximate surface area is 140 Å². The molecule has 0 aliphatic heterocycles. The van der Waals surface area contributed by atoms with Gasteiger partial charge in [0.05, 0.1) is 0 Å². The number of carbonyl (C=O) groups is 3. The molecule has 1 atom stereocenters. The molecule has 0 unspecified atom stereocenters. The topological polar surface area (TPSA) is 119 Å². The number of hydrogen-bond acceptors (Lipinski definition) is 5. The maximum atomic E-state index is 11.1.